The summed E-state index contributed by atoms with van der Waals surface area (Å²) < 4.78 is 0. The van der Waals surface area contributed by atoms with E-state index in [1.54, 1.807) is 24.3 Å². The minimum absolute atomic E-state index is 0.323. The Morgan fingerprint density at radius 1 is 0.950 bits per heavy atom. The molecule has 2 rings (SSSR count). The minimum Gasteiger partial charge on any atom is -0.334 e. The SMILES string of the molecule is CN(C(=O)NCc1ccccc1)C(=O)c1ccccc1. The minimum atomic E-state index is -0.414. The number of hydrogen-bond donors (Lipinski definition) is 1. The van der Waals surface area contributed by atoms with Crippen molar-refractivity contribution in [3.63, 3.8) is 0 Å². The monoisotopic (exact) mass is 268 g/mol. The lowest BCUT2D eigenvalue weighted by atomic mass is 10.2. The molecule has 0 bridgehead atoms. The van der Waals surface area contributed by atoms with Gasteiger partial charge in [0.2, 0.25) is 0 Å². The number of nitrogens with one attached hydrogen (secondary N) is 1. The number of urea groups is 1. The van der Waals surface area contributed by atoms with E-state index in [-0.39, 0.29) is 5.91 Å². The van der Waals surface area contributed by atoms with E-state index in [1.807, 2.05) is 36.4 Å². The topological polar surface area (TPSA) is 49.4 Å². The molecule has 4 nitrogen and oxygen atoms in total. The summed E-state index contributed by atoms with van der Waals surface area (Å²) in [7, 11) is 1.47. The standard InChI is InChI=1S/C16H16N2O2/c1-18(15(19)14-10-6-3-7-11-14)16(20)17-12-13-8-4-2-5-9-13/h2-11H,12H2,1H3,(H,17,20). The number of rotatable bonds is 3. The maximum atomic E-state index is 12.1. The first kappa shape index (κ1) is 13.8. The molecule has 0 heterocycles. The maximum absolute atomic E-state index is 12.1. The molecule has 0 aliphatic heterocycles. The van der Waals surface area contributed by atoms with Crippen molar-refractivity contribution >= 4 is 11.9 Å². The Hall–Kier alpha value is -2.62. The van der Waals surface area contributed by atoms with Crippen LogP contribution in [-0.2, 0) is 6.54 Å². The second-order valence-electron chi connectivity index (χ2n) is 4.37. The van der Waals surface area contributed by atoms with Crippen LogP contribution in [0.25, 0.3) is 0 Å². The van der Waals surface area contributed by atoms with Gasteiger partial charge in [0.05, 0.1) is 0 Å². The fraction of sp³-hybridized carbons (Fsp3) is 0.125. The third kappa shape index (κ3) is 3.45. The van der Waals surface area contributed by atoms with E-state index in [9.17, 15) is 9.59 Å². The molecule has 0 saturated carbocycles. The van der Waals surface area contributed by atoms with Crippen LogP contribution >= 0.6 is 0 Å². The number of carbonyl (C=O) groups excluding carboxylic acids is 2. The average molecular weight is 268 g/mol. The summed E-state index contributed by atoms with van der Waals surface area (Å²) in [5.74, 6) is -0.323. The zero-order valence-electron chi connectivity index (χ0n) is 11.2. The van der Waals surface area contributed by atoms with Crippen molar-refractivity contribution in [1.29, 1.82) is 0 Å². The third-order valence-corrected chi connectivity index (χ3v) is 2.92. The van der Waals surface area contributed by atoms with Crippen LogP contribution in [0.15, 0.2) is 60.7 Å². The van der Waals surface area contributed by atoms with Gasteiger partial charge < -0.3 is 5.32 Å². The van der Waals surface area contributed by atoms with Crippen LogP contribution in [0.2, 0.25) is 0 Å². The molecule has 0 saturated heterocycles. The molecule has 4 heteroatoms. The lowest BCUT2D eigenvalue weighted by Gasteiger charge is -2.16. The molecule has 3 amide bonds. The van der Waals surface area contributed by atoms with Crippen molar-refractivity contribution in [1.82, 2.24) is 10.2 Å². The second kappa shape index (κ2) is 6.52. The number of amides is 3. The molecule has 2 aromatic rings. The highest BCUT2D eigenvalue weighted by Gasteiger charge is 2.17. The highest BCUT2D eigenvalue weighted by atomic mass is 16.2. The zero-order chi connectivity index (χ0) is 14.4. The first-order valence-electron chi connectivity index (χ1n) is 6.33. The van der Waals surface area contributed by atoms with Gasteiger partial charge in [-0.3, -0.25) is 9.69 Å². The Kier molecular flexibility index (Phi) is 4.50. The Morgan fingerprint density at radius 3 is 2.10 bits per heavy atom. The summed E-state index contributed by atoms with van der Waals surface area (Å²) in [4.78, 5) is 25.1. The van der Waals surface area contributed by atoms with Crippen LogP contribution in [0.3, 0.4) is 0 Å². The summed E-state index contributed by atoms with van der Waals surface area (Å²) in [6.07, 6.45) is 0. The first-order valence-corrected chi connectivity index (χ1v) is 6.33. The lowest BCUT2D eigenvalue weighted by Crippen LogP contribution is -2.40. The molecule has 1 N–H and O–H groups in total. The molecule has 20 heavy (non-hydrogen) atoms. The fourth-order valence-corrected chi connectivity index (χ4v) is 1.76. The first-order chi connectivity index (χ1) is 9.68. The van der Waals surface area contributed by atoms with Crippen LogP contribution in [0.4, 0.5) is 4.79 Å². The van der Waals surface area contributed by atoms with Gasteiger partial charge in [-0.1, -0.05) is 48.5 Å². The van der Waals surface area contributed by atoms with Crippen LogP contribution in [-0.4, -0.2) is 23.9 Å². The van der Waals surface area contributed by atoms with Crippen molar-refractivity contribution in [3.8, 4) is 0 Å². The molecule has 0 unspecified atom stereocenters. The van der Waals surface area contributed by atoms with Crippen LogP contribution < -0.4 is 5.32 Å². The maximum Gasteiger partial charge on any atom is 0.324 e. The van der Waals surface area contributed by atoms with Crippen LogP contribution in [0, 0.1) is 0 Å². The van der Waals surface area contributed by atoms with Crippen molar-refractivity contribution < 1.29 is 9.59 Å². The Bertz CT molecular complexity index is 582. The van der Waals surface area contributed by atoms with Gasteiger partial charge in [-0.25, -0.2) is 4.79 Å². The normalized spacial score (nSPS) is 9.85. The predicted molar refractivity (Wildman–Crippen MR) is 77.2 cm³/mol. The molecule has 2 aromatic carbocycles. The van der Waals surface area contributed by atoms with E-state index in [4.69, 9.17) is 0 Å². The molecule has 102 valence electrons. The van der Waals surface area contributed by atoms with Gasteiger partial charge >= 0.3 is 6.03 Å². The number of benzene rings is 2. The molecule has 0 atom stereocenters. The summed E-state index contributed by atoms with van der Waals surface area (Å²) in [6.45, 7) is 0.395. The van der Waals surface area contributed by atoms with E-state index in [1.165, 1.54) is 7.05 Å². The quantitative estimate of drug-likeness (QED) is 0.930. The van der Waals surface area contributed by atoms with Gasteiger partial charge in [-0.2, -0.15) is 0 Å². The highest BCUT2D eigenvalue weighted by molar-refractivity contribution is 6.03. The second-order valence-corrected chi connectivity index (χ2v) is 4.37. The molecule has 0 fully saturated rings. The molecule has 0 aromatic heterocycles. The van der Waals surface area contributed by atoms with Gasteiger partial charge in [0, 0.05) is 19.2 Å². The molecule has 0 aliphatic rings. The Labute approximate surface area is 118 Å². The van der Waals surface area contributed by atoms with Gasteiger partial charge in [-0.05, 0) is 17.7 Å². The predicted octanol–water partition coefficient (Wildman–Crippen LogP) is 2.67. The molecular formula is C16H16N2O2. The van der Waals surface area contributed by atoms with Crippen LogP contribution in [0.1, 0.15) is 15.9 Å². The molecule has 0 aliphatic carbocycles. The number of hydrogen-bond acceptors (Lipinski definition) is 2. The van der Waals surface area contributed by atoms with Crippen molar-refractivity contribution in [2.75, 3.05) is 7.05 Å². The van der Waals surface area contributed by atoms with E-state index in [0.717, 1.165) is 10.5 Å². The smallest absolute Gasteiger partial charge is 0.324 e. The summed E-state index contributed by atoms with van der Waals surface area (Å²) in [6, 6.07) is 17.9. The van der Waals surface area contributed by atoms with Crippen molar-refractivity contribution in [3.05, 3.63) is 71.8 Å². The van der Waals surface area contributed by atoms with E-state index in [0.29, 0.717) is 12.1 Å². The molecule has 0 spiro atoms. The zero-order valence-corrected chi connectivity index (χ0v) is 11.2. The Morgan fingerprint density at radius 2 is 1.50 bits per heavy atom. The Balaban J connectivity index is 1.94. The van der Waals surface area contributed by atoms with Gasteiger partial charge in [-0.15, -0.1) is 0 Å². The number of nitrogens with zero attached hydrogens (tertiary/aromatic N) is 1. The number of carbonyl (C=O) groups is 2. The van der Waals surface area contributed by atoms with E-state index < -0.39 is 6.03 Å². The van der Waals surface area contributed by atoms with Gasteiger partial charge in [0.1, 0.15) is 0 Å². The van der Waals surface area contributed by atoms with Gasteiger partial charge in [0.25, 0.3) is 5.91 Å². The number of imide groups is 1. The van der Waals surface area contributed by atoms with Crippen LogP contribution in [0.5, 0.6) is 0 Å². The van der Waals surface area contributed by atoms with Gasteiger partial charge in [0.15, 0.2) is 0 Å². The summed E-state index contributed by atoms with van der Waals surface area (Å²) >= 11 is 0. The summed E-state index contributed by atoms with van der Waals surface area (Å²) in [5.41, 5.74) is 1.48. The van der Waals surface area contributed by atoms with E-state index in [2.05, 4.69) is 5.32 Å². The largest absolute Gasteiger partial charge is 0.334 e. The molecular weight excluding hydrogens is 252 g/mol. The van der Waals surface area contributed by atoms with Crippen molar-refractivity contribution in [2.24, 2.45) is 0 Å². The van der Waals surface area contributed by atoms with E-state index >= 15 is 0 Å². The highest BCUT2D eigenvalue weighted by Crippen LogP contribution is 2.04. The fourth-order valence-electron chi connectivity index (χ4n) is 1.76. The third-order valence-electron chi connectivity index (χ3n) is 2.92. The molecule has 0 radical (unpaired) electrons. The van der Waals surface area contributed by atoms with Crippen molar-refractivity contribution in [2.45, 2.75) is 6.54 Å². The summed E-state index contributed by atoms with van der Waals surface area (Å²) in [5, 5.41) is 2.72. The average Bonchev–Trinajstić information content (AvgIpc) is 2.53. The lowest BCUT2D eigenvalue weighted by molar-refractivity contribution is 0.0831.